The fraction of sp³-hybridized carbons (Fsp3) is 0.273. The third-order valence-electron chi connectivity index (χ3n) is 1.68. The van der Waals surface area contributed by atoms with E-state index in [4.69, 9.17) is 11.6 Å². The molecule has 16 heavy (non-hydrogen) atoms. The fourth-order valence-electron chi connectivity index (χ4n) is 1.01. The molecular formula is C11H12ClNO2Si. The molecule has 1 rings (SSSR count). The molecule has 84 valence electrons. The molecule has 0 radical (unpaired) electrons. The minimum atomic E-state index is -1.48. The number of non-ortho nitro benzene ring substituents is 1. The van der Waals surface area contributed by atoms with Crippen LogP contribution in [0.4, 0.5) is 5.69 Å². The predicted molar refractivity (Wildman–Crippen MR) is 68.3 cm³/mol. The van der Waals surface area contributed by atoms with E-state index in [2.05, 4.69) is 31.1 Å². The van der Waals surface area contributed by atoms with Crippen LogP contribution < -0.4 is 0 Å². The fourth-order valence-corrected chi connectivity index (χ4v) is 1.76. The third-order valence-corrected chi connectivity index (χ3v) is 2.77. The van der Waals surface area contributed by atoms with E-state index >= 15 is 0 Å². The van der Waals surface area contributed by atoms with Crippen LogP contribution in [0.15, 0.2) is 18.2 Å². The van der Waals surface area contributed by atoms with Gasteiger partial charge < -0.3 is 0 Å². The highest BCUT2D eigenvalue weighted by Gasteiger charge is 2.10. The number of nitrogens with zero attached hydrogens (tertiary/aromatic N) is 1. The van der Waals surface area contributed by atoms with Crippen LogP contribution in [0.2, 0.25) is 24.7 Å². The molecule has 0 aliphatic rings. The zero-order valence-corrected chi connectivity index (χ0v) is 11.1. The Labute approximate surface area is 101 Å². The first-order valence-corrected chi connectivity index (χ1v) is 8.64. The van der Waals surface area contributed by atoms with Crippen LogP contribution in [-0.4, -0.2) is 13.0 Å². The number of hydrogen-bond donors (Lipinski definition) is 0. The Bertz CT molecular complexity index is 483. The maximum atomic E-state index is 10.6. The molecule has 0 saturated heterocycles. The van der Waals surface area contributed by atoms with Gasteiger partial charge in [-0.2, -0.15) is 0 Å². The Morgan fingerprint density at radius 3 is 2.44 bits per heavy atom. The molecule has 1 aromatic carbocycles. The molecule has 0 aliphatic carbocycles. The van der Waals surface area contributed by atoms with Crippen LogP contribution in [0.5, 0.6) is 0 Å². The van der Waals surface area contributed by atoms with Gasteiger partial charge >= 0.3 is 0 Å². The second kappa shape index (κ2) is 4.68. The predicted octanol–water partition coefficient (Wildman–Crippen LogP) is 3.48. The average Bonchev–Trinajstić information content (AvgIpc) is 2.13. The molecule has 0 spiro atoms. The van der Waals surface area contributed by atoms with Crippen molar-refractivity contribution in [3.05, 3.63) is 38.9 Å². The lowest BCUT2D eigenvalue weighted by Crippen LogP contribution is -2.16. The van der Waals surface area contributed by atoms with Crippen molar-refractivity contribution >= 4 is 25.4 Å². The summed E-state index contributed by atoms with van der Waals surface area (Å²) in [4.78, 5) is 10.1. The minimum Gasteiger partial charge on any atom is -0.258 e. The highest BCUT2D eigenvalue weighted by atomic mass is 35.5. The molecule has 0 aromatic heterocycles. The first kappa shape index (κ1) is 12.8. The summed E-state index contributed by atoms with van der Waals surface area (Å²) in [5.74, 6) is 2.94. The Morgan fingerprint density at radius 2 is 1.94 bits per heavy atom. The molecule has 0 atom stereocenters. The quantitative estimate of drug-likeness (QED) is 0.333. The summed E-state index contributed by atoms with van der Waals surface area (Å²) < 4.78 is 0. The third kappa shape index (κ3) is 4.05. The van der Waals surface area contributed by atoms with Gasteiger partial charge in [0.2, 0.25) is 0 Å². The Kier molecular flexibility index (Phi) is 3.73. The van der Waals surface area contributed by atoms with Crippen LogP contribution in [-0.2, 0) is 0 Å². The lowest BCUT2D eigenvalue weighted by molar-refractivity contribution is -0.384. The zero-order valence-electron chi connectivity index (χ0n) is 9.37. The number of rotatable bonds is 1. The molecule has 0 amide bonds. The van der Waals surface area contributed by atoms with E-state index in [1.54, 1.807) is 6.07 Å². The van der Waals surface area contributed by atoms with Crippen LogP contribution in [0.1, 0.15) is 5.56 Å². The van der Waals surface area contributed by atoms with E-state index in [9.17, 15) is 10.1 Å². The number of hydrogen-bond acceptors (Lipinski definition) is 2. The van der Waals surface area contributed by atoms with Crippen molar-refractivity contribution in [2.24, 2.45) is 0 Å². The van der Waals surface area contributed by atoms with Crippen molar-refractivity contribution in [1.82, 2.24) is 0 Å². The highest BCUT2D eigenvalue weighted by Crippen LogP contribution is 2.20. The van der Waals surface area contributed by atoms with Gasteiger partial charge in [0, 0.05) is 22.7 Å². The molecule has 0 fully saturated rings. The molecule has 0 saturated carbocycles. The number of nitro benzene ring substituents is 1. The van der Waals surface area contributed by atoms with Crippen molar-refractivity contribution < 1.29 is 4.92 Å². The van der Waals surface area contributed by atoms with E-state index < -0.39 is 13.0 Å². The average molecular weight is 254 g/mol. The summed E-state index contributed by atoms with van der Waals surface area (Å²) in [6.07, 6.45) is 0. The zero-order chi connectivity index (χ0) is 12.3. The number of nitro groups is 1. The first-order valence-electron chi connectivity index (χ1n) is 4.76. The summed E-state index contributed by atoms with van der Waals surface area (Å²) in [6.45, 7) is 6.33. The molecule has 3 nitrogen and oxygen atoms in total. The van der Waals surface area contributed by atoms with Crippen LogP contribution in [0.25, 0.3) is 0 Å². The SMILES string of the molecule is C[Si](C)(C)C#Cc1cc(Cl)cc([N+](=O)[O-])c1. The minimum absolute atomic E-state index is 0.0209. The van der Waals surface area contributed by atoms with Gasteiger partial charge in [-0.25, -0.2) is 0 Å². The second-order valence-corrected chi connectivity index (χ2v) is 9.64. The Morgan fingerprint density at radius 1 is 1.31 bits per heavy atom. The van der Waals surface area contributed by atoms with Crippen LogP contribution in [0, 0.1) is 21.6 Å². The largest absolute Gasteiger partial charge is 0.272 e. The number of benzene rings is 1. The maximum absolute atomic E-state index is 10.6. The van der Waals surface area contributed by atoms with E-state index in [-0.39, 0.29) is 5.69 Å². The molecule has 0 aliphatic heterocycles. The van der Waals surface area contributed by atoms with Crippen molar-refractivity contribution in [3.63, 3.8) is 0 Å². The maximum Gasteiger partial charge on any atom is 0.272 e. The first-order chi connectivity index (χ1) is 7.28. The smallest absolute Gasteiger partial charge is 0.258 e. The van der Waals surface area contributed by atoms with Crippen molar-refractivity contribution in [1.29, 1.82) is 0 Å². The second-order valence-electron chi connectivity index (χ2n) is 4.46. The summed E-state index contributed by atoms with van der Waals surface area (Å²) in [6, 6.07) is 4.40. The van der Waals surface area contributed by atoms with Crippen LogP contribution in [0.3, 0.4) is 0 Å². The molecule has 0 unspecified atom stereocenters. The van der Waals surface area contributed by atoms with Gasteiger partial charge in [0.25, 0.3) is 5.69 Å². The molecule has 5 heteroatoms. The summed E-state index contributed by atoms with van der Waals surface area (Å²) in [5.41, 5.74) is 3.72. The molecule has 0 bridgehead atoms. The van der Waals surface area contributed by atoms with Gasteiger partial charge in [-0.15, -0.1) is 5.54 Å². The summed E-state index contributed by atoms with van der Waals surface area (Å²) >= 11 is 5.78. The topological polar surface area (TPSA) is 43.1 Å². The number of halogens is 1. The van der Waals surface area contributed by atoms with Gasteiger partial charge in [0.1, 0.15) is 8.07 Å². The Balaban J connectivity index is 3.14. The van der Waals surface area contributed by atoms with Gasteiger partial charge in [-0.1, -0.05) is 37.2 Å². The molecule has 1 aromatic rings. The lowest BCUT2D eigenvalue weighted by atomic mass is 10.2. The van der Waals surface area contributed by atoms with Gasteiger partial charge in [-0.05, 0) is 6.07 Å². The molecule has 0 heterocycles. The van der Waals surface area contributed by atoms with Crippen molar-refractivity contribution in [2.75, 3.05) is 0 Å². The normalized spacial score (nSPS) is 10.5. The van der Waals surface area contributed by atoms with E-state index in [1.807, 2.05) is 0 Å². The van der Waals surface area contributed by atoms with Gasteiger partial charge in [-0.3, -0.25) is 10.1 Å². The lowest BCUT2D eigenvalue weighted by Gasteiger charge is -2.03. The molecule has 0 N–H and O–H groups in total. The van der Waals surface area contributed by atoms with E-state index in [0.717, 1.165) is 0 Å². The van der Waals surface area contributed by atoms with Crippen LogP contribution >= 0.6 is 11.6 Å². The van der Waals surface area contributed by atoms with Crippen molar-refractivity contribution in [2.45, 2.75) is 19.6 Å². The monoisotopic (exact) mass is 253 g/mol. The summed E-state index contributed by atoms with van der Waals surface area (Å²) in [5, 5.41) is 11.0. The summed E-state index contributed by atoms with van der Waals surface area (Å²) in [7, 11) is -1.48. The Hall–Kier alpha value is -1.31. The highest BCUT2D eigenvalue weighted by molar-refractivity contribution is 6.83. The standard InChI is InChI=1S/C11H12ClNO2Si/c1-16(2,3)5-4-9-6-10(12)8-11(7-9)13(14)15/h6-8H,1-3H3. The van der Waals surface area contributed by atoms with E-state index in [1.165, 1.54) is 12.1 Å². The van der Waals surface area contributed by atoms with Gasteiger partial charge in [0.05, 0.1) is 4.92 Å². The van der Waals surface area contributed by atoms with Gasteiger partial charge in [0.15, 0.2) is 0 Å². The van der Waals surface area contributed by atoms with E-state index in [0.29, 0.717) is 10.6 Å². The van der Waals surface area contributed by atoms with Crippen molar-refractivity contribution in [3.8, 4) is 11.5 Å². The molecular weight excluding hydrogens is 242 g/mol.